The molecule has 0 aliphatic carbocycles. The van der Waals surface area contributed by atoms with Gasteiger partial charge in [-0.15, -0.1) is 0 Å². The highest BCUT2D eigenvalue weighted by Gasteiger charge is 2.00. The van der Waals surface area contributed by atoms with Crippen molar-refractivity contribution in [1.82, 2.24) is 4.90 Å². The normalized spacial score (nSPS) is 10.7. The number of nitrogens with zero attached hydrogens (tertiary/aromatic N) is 1. The van der Waals surface area contributed by atoms with Crippen LogP contribution < -0.4 is 10.5 Å². The molecular formula is C12H20N2O. The molecule has 0 heterocycles. The highest BCUT2D eigenvalue weighted by atomic mass is 16.5. The Bertz CT molecular complexity index is 310. The van der Waals surface area contributed by atoms with Gasteiger partial charge in [0.25, 0.3) is 0 Å². The standard InChI is InChI=1S/C12H20N2O/c1-10-5-6-11(13)12(9-10)15-8-4-7-14(2)3/h5-6,9H,4,7-8,13H2,1-3H3. The lowest BCUT2D eigenvalue weighted by molar-refractivity contribution is 0.282. The van der Waals surface area contributed by atoms with E-state index < -0.39 is 0 Å². The third kappa shape index (κ3) is 4.21. The molecule has 0 atom stereocenters. The van der Waals surface area contributed by atoms with Gasteiger partial charge in [0.1, 0.15) is 5.75 Å². The maximum absolute atomic E-state index is 5.80. The second-order valence-corrected chi connectivity index (χ2v) is 4.05. The zero-order chi connectivity index (χ0) is 11.3. The van der Waals surface area contributed by atoms with E-state index in [9.17, 15) is 0 Å². The number of rotatable bonds is 5. The zero-order valence-corrected chi connectivity index (χ0v) is 9.79. The van der Waals surface area contributed by atoms with Crippen molar-refractivity contribution in [2.45, 2.75) is 13.3 Å². The molecule has 0 amide bonds. The second kappa shape index (κ2) is 5.61. The zero-order valence-electron chi connectivity index (χ0n) is 9.79. The Labute approximate surface area is 91.8 Å². The molecule has 0 fully saturated rings. The molecule has 0 aromatic heterocycles. The monoisotopic (exact) mass is 208 g/mol. The van der Waals surface area contributed by atoms with E-state index in [-0.39, 0.29) is 0 Å². The van der Waals surface area contributed by atoms with Crippen LogP contribution in [0.1, 0.15) is 12.0 Å². The molecule has 0 aliphatic rings. The molecule has 1 aromatic rings. The Balaban J connectivity index is 2.40. The summed E-state index contributed by atoms with van der Waals surface area (Å²) in [6.45, 7) is 3.78. The lowest BCUT2D eigenvalue weighted by atomic mass is 10.2. The Hall–Kier alpha value is -1.22. The molecule has 0 saturated carbocycles. The number of aryl methyl sites for hydroxylation is 1. The Morgan fingerprint density at radius 2 is 2.07 bits per heavy atom. The highest BCUT2D eigenvalue weighted by molar-refractivity contribution is 5.53. The summed E-state index contributed by atoms with van der Waals surface area (Å²) < 4.78 is 5.62. The van der Waals surface area contributed by atoms with Gasteiger partial charge in [0, 0.05) is 6.54 Å². The van der Waals surface area contributed by atoms with Gasteiger partial charge in [-0.3, -0.25) is 0 Å². The van der Waals surface area contributed by atoms with E-state index in [4.69, 9.17) is 10.5 Å². The van der Waals surface area contributed by atoms with Gasteiger partial charge in [-0.1, -0.05) is 6.07 Å². The van der Waals surface area contributed by atoms with Crippen molar-refractivity contribution in [3.8, 4) is 5.75 Å². The summed E-state index contributed by atoms with van der Waals surface area (Å²) in [6.07, 6.45) is 1.01. The summed E-state index contributed by atoms with van der Waals surface area (Å²) in [7, 11) is 4.11. The number of hydrogen-bond donors (Lipinski definition) is 1. The largest absolute Gasteiger partial charge is 0.491 e. The molecule has 2 N–H and O–H groups in total. The van der Waals surface area contributed by atoms with Gasteiger partial charge in [0.05, 0.1) is 12.3 Å². The van der Waals surface area contributed by atoms with Crippen LogP contribution >= 0.6 is 0 Å². The van der Waals surface area contributed by atoms with E-state index in [0.29, 0.717) is 12.3 Å². The minimum absolute atomic E-state index is 0.713. The minimum atomic E-state index is 0.713. The first-order valence-corrected chi connectivity index (χ1v) is 5.23. The summed E-state index contributed by atoms with van der Waals surface area (Å²) in [6, 6.07) is 5.85. The first-order valence-electron chi connectivity index (χ1n) is 5.23. The molecule has 15 heavy (non-hydrogen) atoms. The average Bonchev–Trinajstić information content (AvgIpc) is 2.17. The van der Waals surface area contributed by atoms with Gasteiger partial charge in [-0.05, 0) is 45.1 Å². The summed E-state index contributed by atoms with van der Waals surface area (Å²) in [4.78, 5) is 2.14. The average molecular weight is 208 g/mol. The summed E-state index contributed by atoms with van der Waals surface area (Å²) >= 11 is 0. The maximum atomic E-state index is 5.80. The molecule has 1 rings (SSSR count). The lowest BCUT2D eigenvalue weighted by Gasteiger charge is -2.12. The number of nitrogens with two attached hydrogens (primary N) is 1. The van der Waals surface area contributed by atoms with Crippen LogP contribution in [0.25, 0.3) is 0 Å². The van der Waals surface area contributed by atoms with Crippen molar-refractivity contribution in [1.29, 1.82) is 0 Å². The van der Waals surface area contributed by atoms with Gasteiger partial charge >= 0.3 is 0 Å². The number of nitrogen functional groups attached to an aromatic ring is 1. The Morgan fingerprint density at radius 1 is 1.33 bits per heavy atom. The van der Waals surface area contributed by atoms with Gasteiger partial charge in [-0.25, -0.2) is 0 Å². The molecule has 0 unspecified atom stereocenters. The molecule has 1 aromatic carbocycles. The van der Waals surface area contributed by atoms with Crippen molar-refractivity contribution in [2.75, 3.05) is 33.0 Å². The quantitative estimate of drug-likeness (QED) is 0.593. The summed E-state index contributed by atoms with van der Waals surface area (Å²) in [5.74, 6) is 0.800. The van der Waals surface area contributed by atoms with Gasteiger partial charge < -0.3 is 15.4 Å². The highest BCUT2D eigenvalue weighted by Crippen LogP contribution is 2.22. The first-order chi connectivity index (χ1) is 7.09. The summed E-state index contributed by atoms with van der Waals surface area (Å²) in [5.41, 5.74) is 7.68. The Morgan fingerprint density at radius 3 is 2.73 bits per heavy atom. The van der Waals surface area contributed by atoms with Gasteiger partial charge in [-0.2, -0.15) is 0 Å². The SMILES string of the molecule is Cc1ccc(N)c(OCCCN(C)C)c1. The van der Waals surface area contributed by atoms with Crippen LogP contribution in [-0.4, -0.2) is 32.1 Å². The fourth-order valence-corrected chi connectivity index (χ4v) is 1.33. The maximum Gasteiger partial charge on any atom is 0.142 e. The minimum Gasteiger partial charge on any atom is -0.491 e. The first kappa shape index (κ1) is 11.9. The van der Waals surface area contributed by atoms with Crippen LogP contribution in [0.15, 0.2) is 18.2 Å². The predicted molar refractivity (Wildman–Crippen MR) is 64.3 cm³/mol. The smallest absolute Gasteiger partial charge is 0.142 e. The second-order valence-electron chi connectivity index (χ2n) is 4.05. The predicted octanol–water partition coefficient (Wildman–Crippen LogP) is 1.91. The number of benzene rings is 1. The number of ether oxygens (including phenoxy) is 1. The molecule has 0 aliphatic heterocycles. The molecule has 3 heteroatoms. The number of hydrogen-bond acceptors (Lipinski definition) is 3. The number of anilines is 1. The van der Waals surface area contributed by atoms with Crippen LogP contribution in [0.4, 0.5) is 5.69 Å². The topological polar surface area (TPSA) is 38.5 Å². The van der Waals surface area contributed by atoms with Crippen LogP contribution in [0.2, 0.25) is 0 Å². The van der Waals surface area contributed by atoms with Crippen LogP contribution in [0, 0.1) is 6.92 Å². The van der Waals surface area contributed by atoms with Crippen molar-refractivity contribution >= 4 is 5.69 Å². The van der Waals surface area contributed by atoms with E-state index in [1.54, 1.807) is 0 Å². The van der Waals surface area contributed by atoms with Gasteiger partial charge in [0.15, 0.2) is 0 Å². The van der Waals surface area contributed by atoms with Crippen molar-refractivity contribution in [3.05, 3.63) is 23.8 Å². The van der Waals surface area contributed by atoms with E-state index in [2.05, 4.69) is 19.0 Å². The van der Waals surface area contributed by atoms with Crippen molar-refractivity contribution < 1.29 is 4.74 Å². The fourth-order valence-electron chi connectivity index (χ4n) is 1.33. The van der Waals surface area contributed by atoms with E-state index in [0.717, 1.165) is 18.7 Å². The third-order valence-corrected chi connectivity index (χ3v) is 2.18. The molecule has 0 radical (unpaired) electrons. The van der Waals surface area contributed by atoms with Crippen molar-refractivity contribution in [2.24, 2.45) is 0 Å². The fraction of sp³-hybridized carbons (Fsp3) is 0.500. The summed E-state index contributed by atoms with van der Waals surface area (Å²) in [5, 5.41) is 0. The lowest BCUT2D eigenvalue weighted by Crippen LogP contribution is -2.15. The molecule has 3 nitrogen and oxygen atoms in total. The van der Waals surface area contributed by atoms with Crippen LogP contribution in [0.3, 0.4) is 0 Å². The van der Waals surface area contributed by atoms with Crippen molar-refractivity contribution in [3.63, 3.8) is 0 Å². The molecular weight excluding hydrogens is 188 g/mol. The third-order valence-electron chi connectivity index (χ3n) is 2.18. The molecule has 0 spiro atoms. The molecule has 0 bridgehead atoms. The van der Waals surface area contributed by atoms with E-state index >= 15 is 0 Å². The van der Waals surface area contributed by atoms with Gasteiger partial charge in [0.2, 0.25) is 0 Å². The molecule has 84 valence electrons. The van der Waals surface area contributed by atoms with E-state index in [1.165, 1.54) is 5.56 Å². The molecule has 0 saturated heterocycles. The van der Waals surface area contributed by atoms with E-state index in [1.807, 2.05) is 25.1 Å². The Kier molecular flexibility index (Phi) is 4.43. The van der Waals surface area contributed by atoms with Crippen LogP contribution in [-0.2, 0) is 0 Å². The van der Waals surface area contributed by atoms with Crippen LogP contribution in [0.5, 0.6) is 5.75 Å².